The van der Waals surface area contributed by atoms with Gasteiger partial charge in [0.2, 0.25) is 0 Å². The van der Waals surface area contributed by atoms with Gasteiger partial charge in [-0.2, -0.15) is 9.78 Å². The number of rotatable bonds is 18. The van der Waals surface area contributed by atoms with Gasteiger partial charge in [-0.25, -0.2) is 9.09 Å². The molecular formula is C18H38O9P2. The van der Waals surface area contributed by atoms with Crippen LogP contribution in [0.4, 0.5) is 0 Å². The Labute approximate surface area is 173 Å². The fraction of sp³-hybridized carbons (Fsp3) is 1.00. The van der Waals surface area contributed by atoms with E-state index < -0.39 is 26.5 Å². The van der Waals surface area contributed by atoms with E-state index in [2.05, 4.69) is 18.4 Å². The van der Waals surface area contributed by atoms with Gasteiger partial charge in [-0.3, -0.25) is 4.57 Å². The Morgan fingerprint density at radius 2 is 1.10 bits per heavy atom. The van der Waals surface area contributed by atoms with Crippen LogP contribution in [-0.4, -0.2) is 30.7 Å². The number of hydrogen-bond donors (Lipinski definition) is 4. The minimum Gasteiger partial charge on any atom is -0.324 e. The molecule has 0 saturated carbocycles. The quantitative estimate of drug-likeness (QED) is 0.0945. The molecule has 0 atom stereocenters. The van der Waals surface area contributed by atoms with Crippen LogP contribution in [0, 0.1) is 0 Å². The molecule has 1 saturated heterocycles. The molecule has 29 heavy (non-hydrogen) atoms. The van der Waals surface area contributed by atoms with Crippen molar-refractivity contribution < 1.29 is 43.0 Å². The number of hydrogen-bond acceptors (Lipinski definition) is 5. The van der Waals surface area contributed by atoms with Gasteiger partial charge >= 0.3 is 21.4 Å². The van der Waals surface area contributed by atoms with Gasteiger partial charge in [0.15, 0.2) is 5.16 Å². The summed E-state index contributed by atoms with van der Waals surface area (Å²) in [6.45, 7) is 4.20. The Morgan fingerprint density at radius 1 is 0.724 bits per heavy atom. The van der Waals surface area contributed by atoms with Crippen molar-refractivity contribution in [3.05, 3.63) is 0 Å². The van der Waals surface area contributed by atoms with Gasteiger partial charge in [0, 0.05) is 0 Å². The van der Waals surface area contributed by atoms with E-state index in [1.54, 1.807) is 0 Å². The van der Waals surface area contributed by atoms with Crippen LogP contribution in [0.15, 0.2) is 0 Å². The molecule has 0 amide bonds. The Kier molecular flexibility index (Phi) is 11.5. The fourth-order valence-electron chi connectivity index (χ4n) is 3.76. The summed E-state index contributed by atoms with van der Waals surface area (Å²) in [7, 11) is -9.98. The van der Waals surface area contributed by atoms with Crippen molar-refractivity contribution in [1.29, 1.82) is 0 Å². The average molecular weight is 460 g/mol. The summed E-state index contributed by atoms with van der Waals surface area (Å²) in [5.41, 5.74) is 0. The van der Waals surface area contributed by atoms with Gasteiger partial charge in [0.05, 0.1) is 0 Å². The summed E-state index contributed by atoms with van der Waals surface area (Å²) >= 11 is 0. The maximum Gasteiger partial charge on any atom is 0.474 e. The molecule has 9 nitrogen and oxygen atoms in total. The van der Waals surface area contributed by atoms with Crippen molar-refractivity contribution in [2.45, 2.75) is 115 Å². The van der Waals surface area contributed by atoms with Crippen LogP contribution in [0.5, 0.6) is 0 Å². The molecule has 11 heteroatoms. The minimum absolute atomic E-state index is 0.00162. The topological polar surface area (TPSA) is 149 Å². The highest BCUT2D eigenvalue weighted by molar-refractivity contribution is 7.53. The first-order valence-corrected chi connectivity index (χ1v) is 13.9. The first-order valence-electron chi connectivity index (χ1n) is 10.7. The SMILES string of the molecule is CCCCCCCCC(CCCCCCCC)(C1(OP(=O)(O)O)OO1)P(=O)(O)O. The molecule has 0 unspecified atom stereocenters. The summed E-state index contributed by atoms with van der Waals surface area (Å²) in [6.07, 6.45) is 10.8. The summed E-state index contributed by atoms with van der Waals surface area (Å²) in [5.74, 6) is -2.40. The van der Waals surface area contributed by atoms with Gasteiger partial charge in [-0.1, -0.05) is 90.9 Å². The molecule has 1 heterocycles. The maximum absolute atomic E-state index is 12.6. The molecule has 0 aromatic carbocycles. The first kappa shape index (κ1) is 27.2. The molecule has 4 N–H and O–H groups in total. The molecule has 0 aromatic heterocycles. The van der Waals surface area contributed by atoms with Crippen molar-refractivity contribution in [1.82, 2.24) is 0 Å². The van der Waals surface area contributed by atoms with Crippen molar-refractivity contribution in [3.63, 3.8) is 0 Å². The highest BCUT2D eigenvalue weighted by Crippen LogP contribution is 2.69. The minimum atomic E-state index is -5.09. The molecule has 1 aliphatic rings. The molecule has 174 valence electrons. The normalized spacial score (nSPS) is 16.9. The highest BCUT2D eigenvalue weighted by atomic mass is 31.2. The van der Waals surface area contributed by atoms with E-state index in [0.29, 0.717) is 12.8 Å². The lowest BCUT2D eigenvalue weighted by atomic mass is 9.91. The van der Waals surface area contributed by atoms with E-state index in [1.807, 2.05) is 0 Å². The van der Waals surface area contributed by atoms with Crippen LogP contribution in [-0.2, 0) is 23.4 Å². The Hall–Kier alpha value is 0.180. The lowest BCUT2D eigenvalue weighted by molar-refractivity contribution is -0.0285. The van der Waals surface area contributed by atoms with E-state index in [4.69, 9.17) is 9.78 Å². The summed E-state index contributed by atoms with van der Waals surface area (Å²) in [6, 6.07) is 0. The highest BCUT2D eigenvalue weighted by Gasteiger charge is 2.76. The Bertz CT molecular complexity index is 538. The van der Waals surface area contributed by atoms with Crippen LogP contribution < -0.4 is 0 Å². The maximum atomic E-state index is 12.6. The molecule has 0 aromatic rings. The zero-order valence-electron chi connectivity index (χ0n) is 17.6. The zero-order chi connectivity index (χ0) is 22.0. The summed E-state index contributed by atoms with van der Waals surface area (Å²) < 4.78 is 28.6. The van der Waals surface area contributed by atoms with Gasteiger partial charge in [0.1, 0.15) is 0 Å². The van der Waals surface area contributed by atoms with Crippen LogP contribution in [0.3, 0.4) is 0 Å². The van der Waals surface area contributed by atoms with Crippen LogP contribution in [0.1, 0.15) is 104 Å². The van der Waals surface area contributed by atoms with Crippen molar-refractivity contribution in [3.8, 4) is 0 Å². The van der Waals surface area contributed by atoms with E-state index in [9.17, 15) is 28.7 Å². The Balaban J connectivity index is 2.90. The van der Waals surface area contributed by atoms with Gasteiger partial charge in [0.25, 0.3) is 0 Å². The third kappa shape index (κ3) is 8.68. The van der Waals surface area contributed by atoms with Crippen molar-refractivity contribution in [2.75, 3.05) is 0 Å². The monoisotopic (exact) mass is 460 g/mol. The second-order valence-corrected chi connectivity index (χ2v) is 11.0. The fourth-order valence-corrected chi connectivity index (χ4v) is 5.76. The lowest BCUT2D eigenvalue weighted by Gasteiger charge is -2.36. The second-order valence-electron chi connectivity index (χ2n) is 7.92. The van der Waals surface area contributed by atoms with Crippen molar-refractivity contribution >= 4 is 15.4 Å². The third-order valence-corrected chi connectivity index (χ3v) is 7.80. The zero-order valence-corrected chi connectivity index (χ0v) is 19.4. The number of phosphoric ester groups is 1. The third-order valence-electron chi connectivity index (χ3n) is 5.49. The summed E-state index contributed by atoms with van der Waals surface area (Å²) in [5, 5.41) is -1.95. The molecule has 1 fully saturated rings. The van der Waals surface area contributed by atoms with Gasteiger partial charge in [-0.15, -0.1) is 0 Å². The molecule has 0 spiro atoms. The predicted molar refractivity (Wildman–Crippen MR) is 109 cm³/mol. The predicted octanol–water partition coefficient (Wildman–Crippen LogP) is 5.13. The van der Waals surface area contributed by atoms with E-state index in [1.165, 1.54) is 0 Å². The molecule has 0 bridgehead atoms. The van der Waals surface area contributed by atoms with E-state index >= 15 is 0 Å². The van der Waals surface area contributed by atoms with Gasteiger partial charge in [-0.05, 0) is 12.8 Å². The van der Waals surface area contributed by atoms with E-state index in [-0.39, 0.29) is 12.8 Å². The largest absolute Gasteiger partial charge is 0.474 e. The number of unbranched alkanes of at least 4 members (excludes halogenated alkanes) is 10. The van der Waals surface area contributed by atoms with E-state index in [0.717, 1.165) is 64.2 Å². The molecule has 1 aliphatic heterocycles. The smallest absolute Gasteiger partial charge is 0.324 e. The van der Waals surface area contributed by atoms with Crippen LogP contribution in [0.25, 0.3) is 0 Å². The first-order chi connectivity index (χ1) is 13.5. The molecule has 0 radical (unpaired) electrons. The second kappa shape index (κ2) is 12.3. The van der Waals surface area contributed by atoms with Crippen molar-refractivity contribution in [2.24, 2.45) is 0 Å². The standard InChI is InChI=1S/C18H38O9P2/c1-3-5-7-9-11-13-15-17(28(19,20)21,16-14-12-10-8-6-4-2)18(25-26-18)27-29(22,23)24/h3-16H2,1-2H3,(H2,19,20,21)(H2,22,23,24). The Morgan fingerprint density at radius 3 is 1.41 bits per heavy atom. The lowest BCUT2D eigenvalue weighted by Crippen LogP contribution is -2.46. The summed E-state index contributed by atoms with van der Waals surface area (Å²) in [4.78, 5) is 48.4. The average Bonchev–Trinajstić information content (AvgIpc) is 3.36. The van der Waals surface area contributed by atoms with Crippen LogP contribution >= 0.6 is 15.4 Å². The molecule has 0 aliphatic carbocycles. The molecular weight excluding hydrogens is 422 g/mol. The number of phosphoric acid groups is 1. The van der Waals surface area contributed by atoms with Gasteiger partial charge < -0.3 is 19.6 Å². The molecule has 1 rings (SSSR count). The van der Waals surface area contributed by atoms with Crippen LogP contribution in [0.2, 0.25) is 0 Å².